The molecule has 54 valence electrons. The van der Waals surface area contributed by atoms with Crippen molar-refractivity contribution in [1.29, 1.82) is 0 Å². The molecule has 6 heteroatoms. The van der Waals surface area contributed by atoms with Gasteiger partial charge in [-0.15, -0.1) is 0 Å². The van der Waals surface area contributed by atoms with Gasteiger partial charge in [0.05, 0.1) is 0 Å². The minimum Gasteiger partial charge on any atom is -0.369 e. The minimum absolute atomic E-state index is 0.786. The summed E-state index contributed by atoms with van der Waals surface area (Å²) in [5.41, 5.74) is 2.49. The molecule has 0 aromatic carbocycles. The summed E-state index contributed by atoms with van der Waals surface area (Å²) >= 11 is 0. The molecule has 0 bridgehead atoms. The number of carbonyl (C=O) groups is 1. The van der Waals surface area contributed by atoms with E-state index >= 15 is 0 Å². The molecule has 1 amide bonds. The van der Waals surface area contributed by atoms with Crippen molar-refractivity contribution in [3.63, 3.8) is 0 Å². The summed E-state index contributed by atoms with van der Waals surface area (Å²) in [6.45, 7) is 0.786. The van der Waals surface area contributed by atoms with E-state index < -0.39 is 20.5 Å². The molecule has 0 fully saturated rings. The van der Waals surface area contributed by atoms with Crippen LogP contribution in [0.3, 0.4) is 0 Å². The zero-order valence-electron chi connectivity index (χ0n) is 4.70. The molecule has 0 aromatic rings. The van der Waals surface area contributed by atoms with Crippen molar-refractivity contribution in [2.75, 3.05) is 0 Å². The van der Waals surface area contributed by atoms with Crippen LogP contribution in [-0.4, -0.2) is 15.0 Å². The van der Waals surface area contributed by atoms with Crippen molar-refractivity contribution in [2.45, 2.75) is 12.5 Å². The Morgan fingerprint density at radius 3 is 1.89 bits per heavy atom. The molecule has 2 N–H and O–H groups in total. The molecule has 0 aliphatic carbocycles. The molecule has 0 saturated carbocycles. The summed E-state index contributed by atoms with van der Waals surface area (Å²) < 4.78 is 34.6. The van der Waals surface area contributed by atoms with E-state index in [2.05, 4.69) is 5.73 Å². The minimum atomic E-state index is -5.80. The zero-order valence-corrected chi connectivity index (χ0v) is 5.70. The van der Waals surface area contributed by atoms with E-state index in [1.807, 2.05) is 0 Å². The van der Waals surface area contributed by atoms with Crippen LogP contribution < -0.4 is 5.73 Å². The maximum atomic E-state index is 11.5. The number of halogens is 3. The van der Waals surface area contributed by atoms with E-state index in [9.17, 15) is 17.1 Å². The van der Waals surface area contributed by atoms with Gasteiger partial charge in [-0.3, -0.25) is 4.79 Å². The highest BCUT2D eigenvalue weighted by Gasteiger charge is 2.47. The van der Waals surface area contributed by atoms with Gasteiger partial charge in [-0.1, -0.05) is 0 Å². The molecule has 0 heterocycles. The molecular weight excluding hydrogens is 151 g/mol. The van der Waals surface area contributed by atoms with Gasteiger partial charge in [-0.05, 0) is 6.92 Å². The van der Waals surface area contributed by atoms with E-state index in [1.54, 1.807) is 0 Å². The van der Waals surface area contributed by atoms with Crippen LogP contribution in [0.25, 0.3) is 0 Å². The molecule has 0 spiro atoms. The fourth-order valence-electron chi connectivity index (χ4n) is 0.161. The largest absolute Gasteiger partial charge is 0.628 e. The third-order valence-electron chi connectivity index (χ3n) is 0.918. The number of hydrogen-bond donors (Lipinski definition) is 1. The highest BCUT2D eigenvalue weighted by atomic mass is 28.5. The highest BCUT2D eigenvalue weighted by molar-refractivity contribution is 6.64. The second kappa shape index (κ2) is 2.38. The van der Waals surface area contributed by atoms with Gasteiger partial charge in [-0.2, -0.15) is 0 Å². The van der Waals surface area contributed by atoms with Gasteiger partial charge in [-0.25, -0.2) is 12.3 Å². The van der Waals surface area contributed by atoms with E-state index in [0.717, 1.165) is 6.92 Å². The maximum Gasteiger partial charge on any atom is 0.628 e. The molecule has 1 unspecified atom stereocenters. The SMILES string of the molecule is CC(C(N)=O)[Si](F)(F)F. The second-order valence-electron chi connectivity index (χ2n) is 1.67. The van der Waals surface area contributed by atoms with Crippen molar-refractivity contribution >= 4 is 15.0 Å². The topological polar surface area (TPSA) is 43.1 Å². The quantitative estimate of drug-likeness (QED) is 0.465. The fourth-order valence-corrected chi connectivity index (χ4v) is 0.484. The summed E-state index contributed by atoms with van der Waals surface area (Å²) in [6.07, 6.45) is 0. The number of amides is 1. The first-order valence-electron chi connectivity index (χ1n) is 2.21. The Bertz CT molecular complexity index is 123. The number of nitrogens with two attached hydrogens (primary N) is 1. The van der Waals surface area contributed by atoms with Crippen molar-refractivity contribution < 1.29 is 17.1 Å². The Hall–Kier alpha value is -0.523. The average Bonchev–Trinajstić information content (AvgIpc) is 1.62. The van der Waals surface area contributed by atoms with Gasteiger partial charge in [0.15, 0.2) is 0 Å². The Kier molecular flexibility index (Phi) is 2.24. The molecular formula is C3H6F3NOSi. The van der Waals surface area contributed by atoms with Crippen LogP contribution in [0.15, 0.2) is 0 Å². The van der Waals surface area contributed by atoms with Crippen molar-refractivity contribution in [2.24, 2.45) is 5.73 Å². The smallest absolute Gasteiger partial charge is 0.369 e. The normalized spacial score (nSPS) is 15.1. The molecule has 0 rings (SSSR count). The van der Waals surface area contributed by atoms with Gasteiger partial charge >= 0.3 is 9.08 Å². The predicted molar refractivity (Wildman–Crippen MR) is 27.7 cm³/mol. The molecule has 0 saturated heterocycles. The third-order valence-corrected chi connectivity index (χ3v) is 2.18. The number of carbonyl (C=O) groups excluding carboxylic acids is 1. The van der Waals surface area contributed by atoms with Crippen LogP contribution in [0.1, 0.15) is 6.92 Å². The lowest BCUT2D eigenvalue weighted by molar-refractivity contribution is -0.118. The highest BCUT2D eigenvalue weighted by Crippen LogP contribution is 2.24. The van der Waals surface area contributed by atoms with E-state index in [1.165, 1.54) is 0 Å². The van der Waals surface area contributed by atoms with E-state index in [0.29, 0.717) is 0 Å². The molecule has 9 heavy (non-hydrogen) atoms. The summed E-state index contributed by atoms with van der Waals surface area (Å²) in [4.78, 5) is 9.88. The molecule has 0 aromatic heterocycles. The first-order valence-corrected chi connectivity index (χ1v) is 3.93. The monoisotopic (exact) mass is 157 g/mol. The van der Waals surface area contributed by atoms with Crippen LogP contribution in [0, 0.1) is 0 Å². The maximum absolute atomic E-state index is 11.5. The molecule has 0 aliphatic rings. The van der Waals surface area contributed by atoms with Crippen molar-refractivity contribution in [3.8, 4) is 0 Å². The number of primary amides is 1. The van der Waals surface area contributed by atoms with Crippen LogP contribution in [0.2, 0.25) is 5.54 Å². The van der Waals surface area contributed by atoms with E-state index in [-0.39, 0.29) is 0 Å². The number of rotatable bonds is 2. The lowest BCUT2D eigenvalue weighted by Gasteiger charge is -2.06. The molecule has 1 atom stereocenters. The fraction of sp³-hybridized carbons (Fsp3) is 0.667. The van der Waals surface area contributed by atoms with Crippen molar-refractivity contribution in [3.05, 3.63) is 0 Å². The van der Waals surface area contributed by atoms with Gasteiger partial charge in [0.25, 0.3) is 0 Å². The third kappa shape index (κ3) is 2.50. The van der Waals surface area contributed by atoms with Gasteiger partial charge < -0.3 is 5.73 Å². The van der Waals surface area contributed by atoms with Gasteiger partial charge in [0.2, 0.25) is 5.91 Å². The first-order chi connectivity index (χ1) is 3.85. The summed E-state index contributed by atoms with van der Waals surface area (Å²) in [5.74, 6) is -1.28. The first kappa shape index (κ1) is 8.48. The lowest BCUT2D eigenvalue weighted by atomic mass is 10.5. The number of hydrogen-bond acceptors (Lipinski definition) is 1. The Labute approximate surface area is 51.4 Å². The van der Waals surface area contributed by atoms with Crippen LogP contribution in [-0.2, 0) is 4.79 Å². The summed E-state index contributed by atoms with van der Waals surface area (Å²) in [6, 6.07) is 0. The molecule has 0 aliphatic heterocycles. The lowest BCUT2D eigenvalue weighted by Crippen LogP contribution is -2.32. The second-order valence-corrected chi connectivity index (χ2v) is 3.61. The summed E-state index contributed by atoms with van der Waals surface area (Å²) in [5, 5.41) is 0. The van der Waals surface area contributed by atoms with Crippen LogP contribution >= 0.6 is 0 Å². The van der Waals surface area contributed by atoms with Crippen LogP contribution in [0.5, 0.6) is 0 Å². The van der Waals surface area contributed by atoms with E-state index in [4.69, 9.17) is 0 Å². The molecule has 0 radical (unpaired) electrons. The Balaban J connectivity index is 4.04. The summed E-state index contributed by atoms with van der Waals surface area (Å²) in [7, 11) is -5.80. The van der Waals surface area contributed by atoms with Gasteiger partial charge in [0.1, 0.15) is 5.54 Å². The van der Waals surface area contributed by atoms with Gasteiger partial charge in [0, 0.05) is 0 Å². The Morgan fingerprint density at radius 1 is 1.56 bits per heavy atom. The molecule has 2 nitrogen and oxygen atoms in total. The Morgan fingerprint density at radius 2 is 1.89 bits per heavy atom. The van der Waals surface area contributed by atoms with Crippen molar-refractivity contribution in [1.82, 2.24) is 0 Å². The zero-order chi connectivity index (χ0) is 7.65. The standard InChI is InChI=1S/C3H6F3NOSi/c1-2(3(7)8)9(4,5)6/h2H,1H3,(H2,7,8). The predicted octanol–water partition coefficient (Wildman–Crippen LogP) is 0.709. The average molecular weight is 157 g/mol. The van der Waals surface area contributed by atoms with Crippen LogP contribution in [0.4, 0.5) is 12.3 Å².